The van der Waals surface area contributed by atoms with Crippen molar-refractivity contribution in [2.75, 3.05) is 5.43 Å². The van der Waals surface area contributed by atoms with E-state index in [9.17, 15) is 4.79 Å². The summed E-state index contributed by atoms with van der Waals surface area (Å²) in [6, 6.07) is 5.53. The number of anilines is 1. The number of nitrogen functional groups attached to an aromatic ring is 1. The number of nitrogens with zero attached hydrogens (tertiary/aromatic N) is 3. The number of hydrazine groups is 1. The normalized spacial score (nSPS) is 10.8. The summed E-state index contributed by atoms with van der Waals surface area (Å²) in [4.78, 5) is 20.4. The highest BCUT2D eigenvalue weighted by molar-refractivity contribution is 7.17. The molecule has 0 aliphatic rings. The second-order valence-electron chi connectivity index (χ2n) is 3.96. The molecule has 19 heavy (non-hydrogen) atoms. The van der Waals surface area contributed by atoms with Crippen LogP contribution in [-0.2, 0) is 6.54 Å². The van der Waals surface area contributed by atoms with E-state index < -0.39 is 0 Å². The van der Waals surface area contributed by atoms with Crippen molar-refractivity contribution in [1.82, 2.24) is 14.5 Å². The van der Waals surface area contributed by atoms with Crippen LogP contribution in [0, 0.1) is 0 Å². The average Bonchev–Trinajstić information content (AvgIpc) is 2.91. The Balaban J connectivity index is 2.00. The molecular formula is C12H11N5OS. The molecule has 3 aromatic rings. The lowest BCUT2D eigenvalue weighted by molar-refractivity contribution is 0.744. The van der Waals surface area contributed by atoms with Crippen LogP contribution < -0.4 is 16.8 Å². The van der Waals surface area contributed by atoms with Crippen molar-refractivity contribution in [3.63, 3.8) is 0 Å². The second-order valence-corrected chi connectivity index (χ2v) is 4.91. The van der Waals surface area contributed by atoms with Crippen molar-refractivity contribution in [3.05, 3.63) is 52.0 Å². The maximum absolute atomic E-state index is 12.2. The van der Waals surface area contributed by atoms with Gasteiger partial charge in [0.25, 0.3) is 5.56 Å². The monoisotopic (exact) mass is 273 g/mol. The molecule has 0 radical (unpaired) electrons. The van der Waals surface area contributed by atoms with Gasteiger partial charge in [-0.1, -0.05) is 0 Å². The number of rotatable bonds is 3. The van der Waals surface area contributed by atoms with Gasteiger partial charge in [0.15, 0.2) is 0 Å². The number of thiophene rings is 1. The summed E-state index contributed by atoms with van der Waals surface area (Å²) in [5, 5.41) is 2.65. The maximum atomic E-state index is 12.2. The molecular weight excluding hydrogens is 262 g/mol. The Morgan fingerprint density at radius 1 is 1.37 bits per heavy atom. The molecule has 0 fully saturated rings. The number of hydrogen-bond acceptors (Lipinski definition) is 6. The molecule has 3 aromatic heterocycles. The Morgan fingerprint density at radius 2 is 2.26 bits per heavy atom. The number of nitrogens with two attached hydrogens (primary N) is 1. The maximum Gasteiger partial charge on any atom is 0.259 e. The first kappa shape index (κ1) is 11.8. The third-order valence-corrected chi connectivity index (χ3v) is 3.65. The van der Waals surface area contributed by atoms with Gasteiger partial charge in [-0.25, -0.2) is 15.8 Å². The van der Waals surface area contributed by atoms with Gasteiger partial charge in [-0.2, -0.15) is 0 Å². The Bertz CT molecular complexity index is 779. The molecule has 0 atom stereocenters. The van der Waals surface area contributed by atoms with Crippen LogP contribution in [0.5, 0.6) is 0 Å². The van der Waals surface area contributed by atoms with E-state index in [2.05, 4.69) is 15.4 Å². The van der Waals surface area contributed by atoms with E-state index in [0.29, 0.717) is 12.5 Å². The van der Waals surface area contributed by atoms with Crippen molar-refractivity contribution in [2.45, 2.75) is 6.54 Å². The predicted molar refractivity (Wildman–Crippen MR) is 75.0 cm³/mol. The molecule has 0 saturated carbocycles. The first-order valence-electron chi connectivity index (χ1n) is 5.63. The molecule has 96 valence electrons. The zero-order valence-electron chi connectivity index (χ0n) is 9.91. The Labute approximate surface area is 112 Å². The standard InChI is InChI=1S/C12H11N5OS/c13-16-12-14-4-1-8(15-12)7-17-5-2-10-9(11(17)18)3-6-19-10/h1-6H,7,13H2,(H,14,15,16). The number of aromatic nitrogens is 3. The second kappa shape index (κ2) is 4.79. The molecule has 0 aromatic carbocycles. The van der Waals surface area contributed by atoms with E-state index in [1.54, 1.807) is 34.4 Å². The summed E-state index contributed by atoms with van der Waals surface area (Å²) >= 11 is 1.56. The van der Waals surface area contributed by atoms with Crippen LogP contribution in [0.15, 0.2) is 40.8 Å². The highest BCUT2D eigenvalue weighted by Gasteiger charge is 2.05. The molecule has 0 spiro atoms. The van der Waals surface area contributed by atoms with Crippen LogP contribution in [0.3, 0.4) is 0 Å². The van der Waals surface area contributed by atoms with Gasteiger partial charge in [-0.05, 0) is 23.6 Å². The smallest absolute Gasteiger partial charge is 0.259 e. The van der Waals surface area contributed by atoms with Crippen molar-refractivity contribution in [1.29, 1.82) is 0 Å². The quantitative estimate of drug-likeness (QED) is 0.553. The molecule has 0 aliphatic carbocycles. The van der Waals surface area contributed by atoms with Gasteiger partial charge in [0.05, 0.1) is 17.6 Å². The van der Waals surface area contributed by atoms with E-state index in [1.165, 1.54) is 0 Å². The van der Waals surface area contributed by atoms with Crippen LogP contribution in [0.25, 0.3) is 10.1 Å². The minimum atomic E-state index is -0.0142. The topological polar surface area (TPSA) is 85.8 Å². The molecule has 6 nitrogen and oxygen atoms in total. The van der Waals surface area contributed by atoms with Crippen LogP contribution in [-0.4, -0.2) is 14.5 Å². The fourth-order valence-electron chi connectivity index (χ4n) is 1.86. The fourth-order valence-corrected chi connectivity index (χ4v) is 2.63. The lowest BCUT2D eigenvalue weighted by Gasteiger charge is -2.06. The lowest BCUT2D eigenvalue weighted by atomic mass is 10.3. The molecule has 0 bridgehead atoms. The van der Waals surface area contributed by atoms with Crippen molar-refractivity contribution in [3.8, 4) is 0 Å². The average molecular weight is 273 g/mol. The van der Waals surface area contributed by atoms with E-state index in [0.717, 1.165) is 15.8 Å². The Hall–Kier alpha value is -2.25. The van der Waals surface area contributed by atoms with E-state index in [4.69, 9.17) is 5.84 Å². The van der Waals surface area contributed by atoms with Crippen molar-refractivity contribution < 1.29 is 0 Å². The predicted octanol–water partition coefficient (Wildman–Crippen LogP) is 1.19. The van der Waals surface area contributed by atoms with Gasteiger partial charge in [0.2, 0.25) is 5.95 Å². The van der Waals surface area contributed by atoms with Crippen LogP contribution in [0.1, 0.15) is 5.69 Å². The van der Waals surface area contributed by atoms with E-state index >= 15 is 0 Å². The highest BCUT2D eigenvalue weighted by Crippen LogP contribution is 2.16. The lowest BCUT2D eigenvalue weighted by Crippen LogP contribution is -2.20. The van der Waals surface area contributed by atoms with Crippen LogP contribution >= 0.6 is 11.3 Å². The summed E-state index contributed by atoms with van der Waals surface area (Å²) in [7, 11) is 0. The van der Waals surface area contributed by atoms with Gasteiger partial charge in [-0.3, -0.25) is 10.2 Å². The van der Waals surface area contributed by atoms with Gasteiger partial charge in [0.1, 0.15) is 0 Å². The fraction of sp³-hybridized carbons (Fsp3) is 0.0833. The van der Waals surface area contributed by atoms with Crippen LogP contribution in [0.2, 0.25) is 0 Å². The summed E-state index contributed by atoms with van der Waals surface area (Å²) in [5.74, 6) is 5.60. The first-order valence-corrected chi connectivity index (χ1v) is 6.51. The first-order chi connectivity index (χ1) is 9.28. The summed E-state index contributed by atoms with van der Waals surface area (Å²) in [5.41, 5.74) is 3.09. The molecule has 0 saturated heterocycles. The molecule has 3 N–H and O–H groups in total. The molecule has 3 heterocycles. The van der Waals surface area contributed by atoms with E-state index in [1.807, 2.05) is 17.5 Å². The van der Waals surface area contributed by atoms with Gasteiger partial charge in [-0.15, -0.1) is 11.3 Å². The van der Waals surface area contributed by atoms with Crippen molar-refractivity contribution >= 4 is 27.4 Å². The Kier molecular flexibility index (Phi) is 2.98. The summed E-state index contributed by atoms with van der Waals surface area (Å²) in [6.07, 6.45) is 3.38. The molecule has 0 unspecified atom stereocenters. The van der Waals surface area contributed by atoms with Gasteiger partial charge < -0.3 is 4.57 Å². The highest BCUT2D eigenvalue weighted by atomic mass is 32.1. The molecule has 0 aliphatic heterocycles. The minimum Gasteiger partial charge on any atom is -0.309 e. The zero-order valence-corrected chi connectivity index (χ0v) is 10.7. The van der Waals surface area contributed by atoms with E-state index in [-0.39, 0.29) is 5.56 Å². The third kappa shape index (κ3) is 2.20. The van der Waals surface area contributed by atoms with Gasteiger partial charge in [0, 0.05) is 17.1 Å². The number of fused-ring (bicyclic) bond motifs is 1. The summed E-state index contributed by atoms with van der Waals surface area (Å²) < 4.78 is 2.62. The van der Waals surface area contributed by atoms with Crippen LogP contribution in [0.4, 0.5) is 5.95 Å². The zero-order chi connectivity index (χ0) is 13.2. The number of hydrogen-bond donors (Lipinski definition) is 2. The van der Waals surface area contributed by atoms with Gasteiger partial charge >= 0.3 is 0 Å². The molecule has 3 rings (SSSR count). The van der Waals surface area contributed by atoms with Crippen molar-refractivity contribution in [2.24, 2.45) is 5.84 Å². The minimum absolute atomic E-state index is 0.0142. The molecule has 0 amide bonds. The number of nitrogens with one attached hydrogen (secondary N) is 1. The SMILES string of the molecule is NNc1nccc(Cn2ccc3sccc3c2=O)n1. The molecule has 7 heteroatoms. The number of pyridine rings is 1. The Morgan fingerprint density at radius 3 is 3.11 bits per heavy atom. The largest absolute Gasteiger partial charge is 0.309 e. The summed E-state index contributed by atoms with van der Waals surface area (Å²) in [6.45, 7) is 0.391. The third-order valence-electron chi connectivity index (χ3n) is 2.77.